The molecule has 3 aliphatic rings. The fourth-order valence-corrected chi connectivity index (χ4v) is 6.97. The van der Waals surface area contributed by atoms with Crippen LogP contribution in [0.3, 0.4) is 0 Å². The van der Waals surface area contributed by atoms with Gasteiger partial charge >= 0.3 is 6.09 Å². The van der Waals surface area contributed by atoms with Crippen molar-refractivity contribution in [2.75, 3.05) is 39.0 Å². The number of likely N-dealkylation sites (tertiary alicyclic amines) is 1. The Bertz CT molecular complexity index is 1080. The van der Waals surface area contributed by atoms with Crippen molar-refractivity contribution in [2.45, 2.75) is 63.8 Å². The van der Waals surface area contributed by atoms with Crippen LogP contribution in [0.5, 0.6) is 0 Å². The number of ether oxygens (including phenoxy) is 1. The summed E-state index contributed by atoms with van der Waals surface area (Å²) in [6, 6.07) is 2.30. The molecule has 1 N–H and O–H groups in total. The second kappa shape index (κ2) is 9.24. The summed E-state index contributed by atoms with van der Waals surface area (Å²) >= 11 is 0. The summed E-state index contributed by atoms with van der Waals surface area (Å²) in [5, 5.41) is 10.1. The maximum Gasteiger partial charge on any atom is 0.408 e. The van der Waals surface area contributed by atoms with E-state index in [1.54, 1.807) is 20.8 Å². The van der Waals surface area contributed by atoms with Crippen molar-refractivity contribution >= 4 is 16.1 Å². The zero-order chi connectivity index (χ0) is 25.8. The van der Waals surface area contributed by atoms with E-state index in [1.807, 2.05) is 0 Å². The molecule has 3 heterocycles. The van der Waals surface area contributed by atoms with Crippen molar-refractivity contribution in [1.29, 1.82) is 0 Å². The molecular weight excluding hydrogens is 480 g/mol. The first-order chi connectivity index (χ1) is 16.2. The van der Waals surface area contributed by atoms with Crippen molar-refractivity contribution in [3.8, 4) is 0 Å². The molecule has 1 spiro atoms. The fourth-order valence-electron chi connectivity index (χ4n) is 6.04. The number of halogens is 2. The lowest BCUT2D eigenvalue weighted by Crippen LogP contribution is -2.58. The average molecular weight is 516 g/mol. The first kappa shape index (κ1) is 26.2. The molecule has 3 aliphatic heterocycles. The van der Waals surface area contributed by atoms with Gasteiger partial charge in [0.15, 0.2) is 0 Å². The lowest BCUT2D eigenvalue weighted by Gasteiger charge is -2.48. The number of nitrogens with zero attached hydrogens (tertiary/aromatic N) is 3. The van der Waals surface area contributed by atoms with Gasteiger partial charge in [0.05, 0.1) is 18.9 Å². The normalized spacial score (nSPS) is 30.7. The van der Waals surface area contributed by atoms with E-state index in [-0.39, 0.29) is 23.6 Å². The Kier molecular flexibility index (Phi) is 6.93. The Balaban J connectivity index is 1.59. The van der Waals surface area contributed by atoms with Crippen LogP contribution in [0.1, 0.15) is 51.7 Å². The highest BCUT2D eigenvalue weighted by Crippen LogP contribution is 2.44. The minimum absolute atomic E-state index is 0.0152. The summed E-state index contributed by atoms with van der Waals surface area (Å²) in [5.41, 5.74) is -0.903. The van der Waals surface area contributed by atoms with Crippen LogP contribution in [0.15, 0.2) is 18.2 Å². The predicted molar refractivity (Wildman–Crippen MR) is 127 cm³/mol. The van der Waals surface area contributed by atoms with Crippen LogP contribution in [0, 0.1) is 17.0 Å². The molecule has 0 saturated carbocycles. The molecule has 11 heteroatoms. The molecule has 0 aliphatic carbocycles. The van der Waals surface area contributed by atoms with Crippen molar-refractivity contribution in [2.24, 2.45) is 5.41 Å². The number of carboxylic acid groups (broad SMARTS) is 1. The van der Waals surface area contributed by atoms with E-state index in [4.69, 9.17) is 4.74 Å². The van der Waals surface area contributed by atoms with Gasteiger partial charge in [-0.1, -0.05) is 0 Å². The molecule has 0 aromatic heterocycles. The lowest BCUT2D eigenvalue weighted by atomic mass is 9.86. The zero-order valence-electron chi connectivity index (χ0n) is 20.7. The van der Waals surface area contributed by atoms with E-state index >= 15 is 0 Å². The van der Waals surface area contributed by atoms with Gasteiger partial charge in [0.25, 0.3) is 0 Å². The summed E-state index contributed by atoms with van der Waals surface area (Å²) in [6.45, 7) is 8.00. The van der Waals surface area contributed by atoms with Crippen LogP contribution >= 0.6 is 0 Å². The first-order valence-corrected chi connectivity index (χ1v) is 13.8. The van der Waals surface area contributed by atoms with Gasteiger partial charge in [-0.3, -0.25) is 9.80 Å². The Morgan fingerprint density at radius 2 is 1.89 bits per heavy atom. The molecule has 3 fully saturated rings. The number of benzene rings is 1. The number of sulfonamides is 1. The van der Waals surface area contributed by atoms with Gasteiger partial charge in [-0.25, -0.2) is 26.3 Å². The average Bonchev–Trinajstić information content (AvgIpc) is 3.36. The first-order valence-electron chi connectivity index (χ1n) is 12.0. The highest BCUT2D eigenvalue weighted by molar-refractivity contribution is 7.88. The molecule has 0 bridgehead atoms. The molecule has 4 rings (SSSR count). The number of rotatable bonds is 4. The predicted octanol–water partition coefficient (Wildman–Crippen LogP) is 3.30. The highest BCUT2D eigenvalue weighted by atomic mass is 32.2. The third-order valence-corrected chi connectivity index (χ3v) is 8.96. The molecule has 0 radical (unpaired) electrons. The molecule has 196 valence electrons. The highest BCUT2D eigenvalue weighted by Gasteiger charge is 2.50. The van der Waals surface area contributed by atoms with Gasteiger partial charge in [-0.15, -0.1) is 0 Å². The smallest absolute Gasteiger partial charge is 0.408 e. The molecule has 8 nitrogen and oxygen atoms in total. The quantitative estimate of drug-likeness (QED) is 0.662. The minimum atomic E-state index is -3.25. The van der Waals surface area contributed by atoms with Gasteiger partial charge in [0.1, 0.15) is 17.7 Å². The second-order valence-electron chi connectivity index (χ2n) is 11.3. The molecule has 1 aromatic rings. The van der Waals surface area contributed by atoms with Crippen molar-refractivity contribution in [3.05, 3.63) is 35.4 Å². The van der Waals surface area contributed by atoms with Gasteiger partial charge in [0.2, 0.25) is 10.0 Å². The fraction of sp³-hybridized carbons (Fsp3) is 0.708. The van der Waals surface area contributed by atoms with Crippen molar-refractivity contribution in [1.82, 2.24) is 14.1 Å². The van der Waals surface area contributed by atoms with Crippen LogP contribution in [0.25, 0.3) is 0 Å². The van der Waals surface area contributed by atoms with Crippen LogP contribution < -0.4 is 0 Å². The molecule has 3 saturated heterocycles. The zero-order valence-corrected chi connectivity index (χ0v) is 21.5. The summed E-state index contributed by atoms with van der Waals surface area (Å²) in [4.78, 5) is 15.9. The van der Waals surface area contributed by atoms with Gasteiger partial charge in [-0.2, -0.15) is 0 Å². The molecule has 1 unspecified atom stereocenters. The third kappa shape index (κ3) is 5.33. The largest absolute Gasteiger partial charge is 0.465 e. The van der Waals surface area contributed by atoms with E-state index in [0.717, 1.165) is 37.6 Å². The van der Waals surface area contributed by atoms with E-state index in [9.17, 15) is 27.1 Å². The Morgan fingerprint density at radius 3 is 2.49 bits per heavy atom. The second-order valence-corrected chi connectivity index (χ2v) is 13.2. The summed E-state index contributed by atoms with van der Waals surface area (Å²) in [5.74, 6) is -1.24. The third-order valence-electron chi connectivity index (χ3n) is 7.71. The Hall–Kier alpha value is -1.82. The maximum atomic E-state index is 14.7. The number of amides is 1. The van der Waals surface area contributed by atoms with Crippen LogP contribution in [0.4, 0.5) is 13.6 Å². The SMILES string of the molecule is CC(C)(C)N(C(=O)O)[C@H]1C[C@@H](N2CCC3(CCN(S(C)(=O)=O)C3)C2)CO[C@@H]1c1cc(F)ccc1F. The Labute approximate surface area is 205 Å². The molecule has 1 amide bonds. The monoisotopic (exact) mass is 515 g/mol. The van der Waals surface area contributed by atoms with Crippen LogP contribution in [-0.2, 0) is 14.8 Å². The summed E-state index contributed by atoms with van der Waals surface area (Å²) in [6.07, 6.45) is 1.18. The summed E-state index contributed by atoms with van der Waals surface area (Å²) < 4.78 is 60.5. The molecule has 4 atom stereocenters. The van der Waals surface area contributed by atoms with E-state index in [0.29, 0.717) is 26.1 Å². The van der Waals surface area contributed by atoms with E-state index in [1.165, 1.54) is 15.5 Å². The van der Waals surface area contributed by atoms with Gasteiger partial charge < -0.3 is 9.84 Å². The van der Waals surface area contributed by atoms with Gasteiger partial charge in [-0.05, 0) is 70.2 Å². The van der Waals surface area contributed by atoms with E-state index in [2.05, 4.69) is 4.90 Å². The lowest BCUT2D eigenvalue weighted by molar-refractivity contribution is -0.0995. The van der Waals surface area contributed by atoms with E-state index < -0.39 is 45.4 Å². The maximum absolute atomic E-state index is 14.7. The van der Waals surface area contributed by atoms with Crippen molar-refractivity contribution in [3.63, 3.8) is 0 Å². The topological polar surface area (TPSA) is 90.4 Å². The number of hydrogen-bond acceptors (Lipinski definition) is 5. The van der Waals surface area contributed by atoms with Gasteiger partial charge in [0, 0.05) is 36.8 Å². The van der Waals surface area contributed by atoms with Crippen molar-refractivity contribution < 1.29 is 31.8 Å². The molecule has 35 heavy (non-hydrogen) atoms. The molecule has 1 aromatic carbocycles. The Morgan fingerprint density at radius 1 is 1.20 bits per heavy atom. The number of carbonyl (C=O) groups is 1. The summed E-state index contributed by atoms with van der Waals surface area (Å²) in [7, 11) is -3.25. The van der Waals surface area contributed by atoms with Crippen LogP contribution in [0.2, 0.25) is 0 Å². The number of hydrogen-bond donors (Lipinski definition) is 1. The van der Waals surface area contributed by atoms with Crippen LogP contribution in [-0.4, -0.2) is 90.4 Å². The standard InChI is InChI=1S/C24H35F2N3O5S/c1-23(2,3)29(22(30)31)20-12-17(13-34-21(20)18-11-16(25)5-6-19(18)26)27-9-7-24(14-27)8-10-28(15-24)35(4,32)33/h5-6,11,17,20-21H,7-10,12-15H2,1-4H3,(H,30,31)/t17-,20+,21-,24?/m1/s1. The molecular formula is C24H35F2N3O5S. The minimum Gasteiger partial charge on any atom is -0.465 e.